The molecule has 17 heavy (non-hydrogen) atoms. The summed E-state index contributed by atoms with van der Waals surface area (Å²) in [4.78, 5) is 0. The molecular weight excluding hydrogens is 227 g/mol. The molecular formula is C13H16F3N. The van der Waals surface area contributed by atoms with Gasteiger partial charge in [-0.1, -0.05) is 12.8 Å². The van der Waals surface area contributed by atoms with Crippen LogP contribution in [0.3, 0.4) is 0 Å². The van der Waals surface area contributed by atoms with Crippen LogP contribution in [0.4, 0.5) is 13.2 Å². The number of hydrogen-bond donors (Lipinski definition) is 1. The predicted octanol–water partition coefficient (Wildman–Crippen LogP) is 3.38. The molecule has 0 spiro atoms. The highest BCUT2D eigenvalue weighted by atomic mass is 19.2. The van der Waals surface area contributed by atoms with Crippen molar-refractivity contribution < 1.29 is 13.2 Å². The van der Waals surface area contributed by atoms with E-state index >= 15 is 0 Å². The van der Waals surface area contributed by atoms with Gasteiger partial charge in [-0.25, -0.2) is 13.2 Å². The zero-order valence-corrected chi connectivity index (χ0v) is 9.77. The smallest absolute Gasteiger partial charge is 0.194 e. The molecule has 0 amide bonds. The Morgan fingerprint density at radius 1 is 1.24 bits per heavy atom. The summed E-state index contributed by atoms with van der Waals surface area (Å²) in [5.74, 6) is -2.85. The molecule has 1 aliphatic rings. The SMILES string of the molecule is CC(CC1CC1)NCc1cc(F)c(F)c(F)c1. The van der Waals surface area contributed by atoms with E-state index in [0.717, 1.165) is 24.5 Å². The van der Waals surface area contributed by atoms with Crippen LogP contribution in [0.25, 0.3) is 0 Å². The molecule has 1 aliphatic carbocycles. The van der Waals surface area contributed by atoms with Gasteiger partial charge in [-0.3, -0.25) is 0 Å². The van der Waals surface area contributed by atoms with Crippen molar-refractivity contribution >= 4 is 0 Å². The van der Waals surface area contributed by atoms with E-state index in [-0.39, 0.29) is 0 Å². The molecule has 1 unspecified atom stereocenters. The fourth-order valence-electron chi connectivity index (χ4n) is 1.94. The summed E-state index contributed by atoms with van der Waals surface area (Å²) in [5.41, 5.74) is 0.434. The van der Waals surface area contributed by atoms with Gasteiger partial charge in [0.1, 0.15) is 0 Å². The fourth-order valence-corrected chi connectivity index (χ4v) is 1.94. The Hall–Kier alpha value is -1.03. The van der Waals surface area contributed by atoms with Gasteiger partial charge in [0.25, 0.3) is 0 Å². The van der Waals surface area contributed by atoms with Crippen LogP contribution in [0.1, 0.15) is 31.7 Å². The van der Waals surface area contributed by atoms with Crippen molar-refractivity contribution in [2.75, 3.05) is 0 Å². The maximum atomic E-state index is 12.9. The van der Waals surface area contributed by atoms with Gasteiger partial charge in [-0.2, -0.15) is 0 Å². The molecule has 1 fully saturated rings. The standard InChI is InChI=1S/C13H16F3N/c1-8(4-9-2-3-9)17-7-10-5-11(14)13(16)12(15)6-10/h5-6,8-9,17H,2-4,7H2,1H3. The minimum atomic E-state index is -1.40. The Balaban J connectivity index is 1.89. The predicted molar refractivity (Wildman–Crippen MR) is 60.0 cm³/mol. The van der Waals surface area contributed by atoms with Crippen molar-refractivity contribution in [2.45, 2.75) is 38.8 Å². The Morgan fingerprint density at radius 3 is 2.35 bits per heavy atom. The zero-order chi connectivity index (χ0) is 12.4. The quantitative estimate of drug-likeness (QED) is 0.782. The molecule has 1 atom stereocenters. The summed E-state index contributed by atoms with van der Waals surface area (Å²) in [7, 11) is 0. The van der Waals surface area contributed by atoms with Gasteiger partial charge < -0.3 is 5.32 Å². The minimum absolute atomic E-state index is 0.318. The Bertz CT molecular complexity index is 379. The van der Waals surface area contributed by atoms with E-state index in [4.69, 9.17) is 0 Å². The van der Waals surface area contributed by atoms with Crippen molar-refractivity contribution in [1.82, 2.24) is 5.32 Å². The summed E-state index contributed by atoms with van der Waals surface area (Å²) in [6.07, 6.45) is 3.66. The number of rotatable bonds is 5. The molecule has 0 heterocycles. The van der Waals surface area contributed by atoms with E-state index in [0.29, 0.717) is 18.2 Å². The lowest BCUT2D eigenvalue weighted by Crippen LogP contribution is -2.26. The van der Waals surface area contributed by atoms with Gasteiger partial charge in [-0.05, 0) is 37.0 Å². The monoisotopic (exact) mass is 243 g/mol. The molecule has 0 aliphatic heterocycles. The first kappa shape index (κ1) is 12.4. The molecule has 1 aromatic carbocycles. The molecule has 0 bridgehead atoms. The van der Waals surface area contributed by atoms with Crippen LogP contribution in [0.2, 0.25) is 0 Å². The molecule has 0 radical (unpaired) electrons. The molecule has 0 saturated heterocycles. The minimum Gasteiger partial charge on any atom is -0.310 e. The zero-order valence-electron chi connectivity index (χ0n) is 9.77. The molecule has 4 heteroatoms. The molecule has 1 saturated carbocycles. The highest BCUT2D eigenvalue weighted by Crippen LogP contribution is 2.33. The molecule has 94 valence electrons. The molecule has 1 aromatic rings. The maximum absolute atomic E-state index is 12.9. The van der Waals surface area contributed by atoms with Crippen LogP contribution in [0.5, 0.6) is 0 Å². The van der Waals surface area contributed by atoms with E-state index in [1.807, 2.05) is 0 Å². The lowest BCUT2D eigenvalue weighted by Gasteiger charge is -2.13. The van der Waals surface area contributed by atoms with Crippen LogP contribution in [0, 0.1) is 23.4 Å². The highest BCUT2D eigenvalue weighted by Gasteiger charge is 2.23. The fraction of sp³-hybridized carbons (Fsp3) is 0.538. The van der Waals surface area contributed by atoms with E-state index in [9.17, 15) is 13.2 Å². The first-order valence-corrected chi connectivity index (χ1v) is 5.93. The second kappa shape index (κ2) is 5.08. The third-order valence-corrected chi connectivity index (χ3v) is 3.08. The Labute approximate surface area is 99.0 Å². The van der Waals surface area contributed by atoms with Crippen LogP contribution < -0.4 is 5.32 Å². The first-order valence-electron chi connectivity index (χ1n) is 5.93. The summed E-state index contributed by atoms with van der Waals surface area (Å²) in [6.45, 7) is 2.41. The lowest BCUT2D eigenvalue weighted by atomic mass is 10.1. The van der Waals surface area contributed by atoms with Gasteiger partial charge in [-0.15, -0.1) is 0 Å². The van der Waals surface area contributed by atoms with Crippen molar-refractivity contribution in [2.24, 2.45) is 5.92 Å². The Kier molecular flexibility index (Phi) is 3.72. The lowest BCUT2D eigenvalue weighted by molar-refractivity contribution is 0.441. The van der Waals surface area contributed by atoms with Crippen molar-refractivity contribution in [3.63, 3.8) is 0 Å². The van der Waals surface area contributed by atoms with Crippen LogP contribution in [0.15, 0.2) is 12.1 Å². The van der Waals surface area contributed by atoms with Gasteiger partial charge in [0.2, 0.25) is 0 Å². The van der Waals surface area contributed by atoms with Crippen molar-refractivity contribution in [3.8, 4) is 0 Å². The number of hydrogen-bond acceptors (Lipinski definition) is 1. The van der Waals surface area contributed by atoms with Gasteiger partial charge in [0, 0.05) is 12.6 Å². The number of benzene rings is 1. The van der Waals surface area contributed by atoms with E-state index < -0.39 is 17.5 Å². The maximum Gasteiger partial charge on any atom is 0.194 e. The average molecular weight is 243 g/mol. The first-order chi connectivity index (χ1) is 8.06. The molecule has 1 nitrogen and oxygen atoms in total. The normalized spacial score (nSPS) is 17.2. The van der Waals surface area contributed by atoms with Gasteiger partial charge >= 0.3 is 0 Å². The third-order valence-electron chi connectivity index (χ3n) is 3.08. The number of nitrogens with one attached hydrogen (secondary N) is 1. The van der Waals surface area contributed by atoms with Gasteiger partial charge in [0.05, 0.1) is 0 Å². The third kappa shape index (κ3) is 3.46. The van der Waals surface area contributed by atoms with E-state index in [1.54, 1.807) is 0 Å². The Morgan fingerprint density at radius 2 is 1.82 bits per heavy atom. The van der Waals surface area contributed by atoms with E-state index in [1.165, 1.54) is 12.8 Å². The van der Waals surface area contributed by atoms with Crippen molar-refractivity contribution in [1.29, 1.82) is 0 Å². The second-order valence-electron chi connectivity index (χ2n) is 4.83. The molecule has 2 rings (SSSR count). The van der Waals surface area contributed by atoms with Crippen LogP contribution >= 0.6 is 0 Å². The van der Waals surface area contributed by atoms with E-state index in [2.05, 4.69) is 12.2 Å². The second-order valence-corrected chi connectivity index (χ2v) is 4.83. The summed E-state index contributed by atoms with van der Waals surface area (Å²) in [6, 6.07) is 2.39. The summed E-state index contributed by atoms with van der Waals surface area (Å²) in [5, 5.41) is 3.19. The summed E-state index contributed by atoms with van der Waals surface area (Å²) >= 11 is 0. The van der Waals surface area contributed by atoms with Gasteiger partial charge in [0.15, 0.2) is 17.5 Å². The summed E-state index contributed by atoms with van der Waals surface area (Å²) < 4.78 is 38.6. The van der Waals surface area contributed by atoms with Crippen molar-refractivity contribution in [3.05, 3.63) is 35.1 Å². The van der Waals surface area contributed by atoms with Crippen LogP contribution in [-0.4, -0.2) is 6.04 Å². The highest BCUT2D eigenvalue weighted by molar-refractivity contribution is 5.19. The van der Waals surface area contributed by atoms with Crippen LogP contribution in [-0.2, 0) is 6.54 Å². The number of halogens is 3. The largest absolute Gasteiger partial charge is 0.310 e. The molecule has 0 aromatic heterocycles. The topological polar surface area (TPSA) is 12.0 Å². The molecule has 1 N–H and O–H groups in total. The average Bonchev–Trinajstić information content (AvgIpc) is 3.06.